The maximum Gasteiger partial charge on any atom is 0.435 e. The minimum absolute atomic E-state index is 0.0590. The molecule has 3 heterocycles. The van der Waals surface area contributed by atoms with Crippen molar-refractivity contribution in [2.24, 2.45) is 7.05 Å². The van der Waals surface area contributed by atoms with Gasteiger partial charge in [0, 0.05) is 18.5 Å². The minimum atomic E-state index is -4.54. The lowest BCUT2D eigenvalue weighted by Crippen LogP contribution is -2.06. The highest BCUT2D eigenvalue weighted by molar-refractivity contribution is 5.81. The average Bonchev–Trinajstić information content (AvgIpc) is 3.20. The van der Waals surface area contributed by atoms with E-state index in [1.165, 1.54) is 7.05 Å². The highest BCUT2D eigenvalue weighted by Gasteiger charge is 2.35. The van der Waals surface area contributed by atoms with Crippen LogP contribution in [0.15, 0.2) is 40.8 Å². The first kappa shape index (κ1) is 16.2. The van der Waals surface area contributed by atoms with Crippen molar-refractivity contribution in [2.45, 2.75) is 13.1 Å². The Bertz CT molecular complexity index is 1110. The van der Waals surface area contributed by atoms with Crippen LogP contribution in [0.25, 0.3) is 34.1 Å². The Morgan fingerprint density at radius 1 is 1.00 bits per heavy atom. The van der Waals surface area contributed by atoms with Gasteiger partial charge >= 0.3 is 6.18 Å². The molecule has 4 aromatic rings. The van der Waals surface area contributed by atoms with E-state index in [0.717, 1.165) is 27.2 Å². The van der Waals surface area contributed by atoms with E-state index in [0.29, 0.717) is 5.69 Å². The lowest BCUT2D eigenvalue weighted by molar-refractivity contribution is -0.141. The first-order valence-electron chi connectivity index (χ1n) is 7.64. The van der Waals surface area contributed by atoms with Gasteiger partial charge in [0.05, 0.1) is 5.52 Å². The molecular formula is C17H12F3N5O. The number of aryl methyl sites for hydroxylation is 2. The first-order chi connectivity index (χ1) is 12.3. The van der Waals surface area contributed by atoms with Gasteiger partial charge in [0.15, 0.2) is 5.69 Å². The second kappa shape index (κ2) is 5.65. The summed E-state index contributed by atoms with van der Waals surface area (Å²) in [6.07, 6.45) is -4.54. The van der Waals surface area contributed by atoms with E-state index in [9.17, 15) is 13.2 Å². The molecule has 0 saturated heterocycles. The molecule has 0 radical (unpaired) electrons. The molecule has 0 aliphatic rings. The van der Waals surface area contributed by atoms with E-state index in [2.05, 4.69) is 20.3 Å². The van der Waals surface area contributed by atoms with Crippen molar-refractivity contribution >= 4 is 10.9 Å². The predicted octanol–water partition coefficient (Wildman–Crippen LogP) is 4.01. The molecule has 3 aromatic heterocycles. The number of fused-ring (bicyclic) bond motifs is 1. The minimum Gasteiger partial charge on any atom is -0.413 e. The Hall–Kier alpha value is -3.23. The summed E-state index contributed by atoms with van der Waals surface area (Å²) in [6.45, 7) is 1.99. The second-order valence-electron chi connectivity index (χ2n) is 5.84. The summed E-state index contributed by atoms with van der Waals surface area (Å²) in [5.74, 6) is 0.0635. The van der Waals surface area contributed by atoms with Crippen molar-refractivity contribution in [2.75, 3.05) is 0 Å². The van der Waals surface area contributed by atoms with Crippen molar-refractivity contribution < 1.29 is 17.6 Å². The maximum atomic E-state index is 12.8. The van der Waals surface area contributed by atoms with E-state index in [-0.39, 0.29) is 17.5 Å². The second-order valence-corrected chi connectivity index (χ2v) is 5.84. The molecule has 26 heavy (non-hydrogen) atoms. The zero-order valence-corrected chi connectivity index (χ0v) is 13.7. The number of hydrogen-bond donors (Lipinski definition) is 0. The monoisotopic (exact) mass is 359 g/mol. The van der Waals surface area contributed by atoms with Crippen molar-refractivity contribution in [3.8, 4) is 23.2 Å². The molecule has 0 spiro atoms. The van der Waals surface area contributed by atoms with Crippen LogP contribution in [0.5, 0.6) is 0 Å². The largest absolute Gasteiger partial charge is 0.435 e. The van der Waals surface area contributed by atoms with Crippen molar-refractivity contribution in [3.63, 3.8) is 0 Å². The quantitative estimate of drug-likeness (QED) is 0.541. The molecule has 132 valence electrons. The van der Waals surface area contributed by atoms with Crippen LogP contribution in [0.1, 0.15) is 11.3 Å². The Kier molecular flexibility index (Phi) is 3.53. The number of rotatable bonds is 2. The first-order valence-corrected chi connectivity index (χ1v) is 7.64. The van der Waals surface area contributed by atoms with Gasteiger partial charge in [-0.2, -0.15) is 18.3 Å². The van der Waals surface area contributed by atoms with Crippen LogP contribution in [0.2, 0.25) is 0 Å². The number of benzene rings is 1. The van der Waals surface area contributed by atoms with Crippen LogP contribution >= 0.6 is 0 Å². The molecule has 0 bridgehead atoms. The number of aromatic nitrogens is 5. The Balaban J connectivity index is 1.72. The average molecular weight is 359 g/mol. The fraction of sp³-hybridized carbons (Fsp3) is 0.176. The zero-order chi connectivity index (χ0) is 18.5. The molecule has 0 unspecified atom stereocenters. The van der Waals surface area contributed by atoms with Gasteiger partial charge in [-0.05, 0) is 25.1 Å². The Labute approximate surface area is 145 Å². The van der Waals surface area contributed by atoms with Gasteiger partial charge in [0.2, 0.25) is 0 Å². The standard InChI is InChI=1S/C17H12F3N5O/c1-9-3-5-11-10(7-9)4-6-12(21-11)15-22-23-16(26-15)13-8-14(17(18,19)20)24-25(13)2/h3-8H,1-2H3. The van der Waals surface area contributed by atoms with E-state index in [1.54, 1.807) is 6.07 Å². The van der Waals surface area contributed by atoms with E-state index < -0.39 is 11.9 Å². The lowest BCUT2D eigenvalue weighted by Gasteiger charge is -2.00. The number of alkyl halides is 3. The van der Waals surface area contributed by atoms with Crippen molar-refractivity contribution in [1.29, 1.82) is 0 Å². The van der Waals surface area contributed by atoms with Crippen LogP contribution in [-0.4, -0.2) is 25.0 Å². The van der Waals surface area contributed by atoms with Crippen LogP contribution < -0.4 is 0 Å². The SMILES string of the molecule is Cc1ccc2nc(-c3nnc(-c4cc(C(F)(F)F)nn4C)o3)ccc2c1. The molecular weight excluding hydrogens is 347 g/mol. The molecule has 9 heteroatoms. The fourth-order valence-electron chi connectivity index (χ4n) is 2.60. The van der Waals surface area contributed by atoms with Gasteiger partial charge in [0.25, 0.3) is 11.8 Å². The molecule has 4 rings (SSSR count). The number of halogens is 3. The Morgan fingerprint density at radius 3 is 2.50 bits per heavy atom. The summed E-state index contributed by atoms with van der Waals surface area (Å²) in [6, 6.07) is 10.3. The summed E-state index contributed by atoms with van der Waals surface area (Å²) < 4.78 is 44.9. The molecule has 0 amide bonds. The van der Waals surface area contributed by atoms with Gasteiger partial charge < -0.3 is 4.42 Å². The van der Waals surface area contributed by atoms with Crippen LogP contribution in [-0.2, 0) is 13.2 Å². The maximum absolute atomic E-state index is 12.8. The van der Waals surface area contributed by atoms with Gasteiger partial charge in [-0.1, -0.05) is 17.7 Å². The normalized spacial score (nSPS) is 12.0. The van der Waals surface area contributed by atoms with Crippen LogP contribution in [0.3, 0.4) is 0 Å². The number of hydrogen-bond acceptors (Lipinski definition) is 5. The third-order valence-corrected chi connectivity index (χ3v) is 3.88. The zero-order valence-electron chi connectivity index (χ0n) is 13.7. The summed E-state index contributed by atoms with van der Waals surface area (Å²) in [5, 5.41) is 12.1. The smallest absolute Gasteiger partial charge is 0.413 e. The Morgan fingerprint density at radius 2 is 1.77 bits per heavy atom. The summed E-state index contributed by atoms with van der Waals surface area (Å²) in [5.41, 5.74) is 1.37. The van der Waals surface area contributed by atoms with Gasteiger partial charge in [-0.3, -0.25) is 4.68 Å². The highest BCUT2D eigenvalue weighted by Crippen LogP contribution is 2.31. The molecule has 0 fully saturated rings. The lowest BCUT2D eigenvalue weighted by atomic mass is 10.1. The molecule has 0 N–H and O–H groups in total. The van der Waals surface area contributed by atoms with Gasteiger partial charge in [-0.25, -0.2) is 4.98 Å². The van der Waals surface area contributed by atoms with Crippen molar-refractivity contribution in [1.82, 2.24) is 25.0 Å². The summed E-state index contributed by atoms with van der Waals surface area (Å²) >= 11 is 0. The van der Waals surface area contributed by atoms with Crippen molar-refractivity contribution in [3.05, 3.63) is 47.7 Å². The van der Waals surface area contributed by atoms with Gasteiger partial charge in [-0.15, -0.1) is 10.2 Å². The molecule has 0 aliphatic heterocycles. The van der Waals surface area contributed by atoms with Crippen LogP contribution in [0.4, 0.5) is 13.2 Å². The molecule has 0 aliphatic carbocycles. The van der Waals surface area contributed by atoms with Gasteiger partial charge in [0.1, 0.15) is 11.4 Å². The molecule has 0 saturated carbocycles. The van der Waals surface area contributed by atoms with E-state index in [1.807, 2.05) is 31.2 Å². The van der Waals surface area contributed by atoms with Crippen LogP contribution in [0, 0.1) is 6.92 Å². The third kappa shape index (κ3) is 2.81. The number of pyridine rings is 1. The highest BCUT2D eigenvalue weighted by atomic mass is 19.4. The fourth-order valence-corrected chi connectivity index (χ4v) is 2.60. The summed E-state index contributed by atoms with van der Waals surface area (Å²) in [4.78, 5) is 4.46. The topological polar surface area (TPSA) is 69.6 Å². The van der Waals surface area contributed by atoms with E-state index >= 15 is 0 Å². The van der Waals surface area contributed by atoms with E-state index in [4.69, 9.17) is 4.42 Å². The molecule has 0 atom stereocenters. The third-order valence-electron chi connectivity index (χ3n) is 3.88. The molecule has 1 aromatic carbocycles. The molecule has 6 nitrogen and oxygen atoms in total. The number of nitrogens with zero attached hydrogens (tertiary/aromatic N) is 5. The summed E-state index contributed by atoms with van der Waals surface area (Å²) in [7, 11) is 1.38. The predicted molar refractivity (Wildman–Crippen MR) is 87.0 cm³/mol.